The smallest absolute Gasteiger partial charge is 0.336 e. The molecule has 1 saturated carbocycles. The van der Waals surface area contributed by atoms with Crippen LogP contribution in [0.4, 0.5) is 0 Å². The van der Waals surface area contributed by atoms with Gasteiger partial charge in [0.15, 0.2) is 0 Å². The molecule has 1 aliphatic rings. The fourth-order valence-corrected chi connectivity index (χ4v) is 3.02. The number of carboxylic acids is 1. The number of aromatic carboxylic acids is 1. The Morgan fingerprint density at radius 3 is 2.69 bits per heavy atom. The standard InChI is InChI=1S/C13H16O2S/c1-3-16-12-8(2)4-7-10(13(14)15)11(12)9-5-6-9/h4,7,9H,3,5-6H2,1-2H3,(H,14,15). The van der Waals surface area contributed by atoms with E-state index >= 15 is 0 Å². The Morgan fingerprint density at radius 2 is 2.19 bits per heavy atom. The minimum atomic E-state index is -0.792. The Morgan fingerprint density at radius 1 is 1.50 bits per heavy atom. The van der Waals surface area contributed by atoms with Crippen LogP contribution in [-0.2, 0) is 0 Å². The highest BCUT2D eigenvalue weighted by Crippen LogP contribution is 2.46. The van der Waals surface area contributed by atoms with Gasteiger partial charge in [-0.2, -0.15) is 0 Å². The second-order valence-corrected chi connectivity index (χ2v) is 5.46. The van der Waals surface area contributed by atoms with Gasteiger partial charge in [-0.1, -0.05) is 13.0 Å². The molecule has 0 bridgehead atoms. The lowest BCUT2D eigenvalue weighted by Gasteiger charge is -2.13. The fourth-order valence-electron chi connectivity index (χ4n) is 2.01. The maximum atomic E-state index is 11.2. The van der Waals surface area contributed by atoms with Gasteiger partial charge in [-0.05, 0) is 48.6 Å². The number of hydrogen-bond acceptors (Lipinski definition) is 2. The predicted octanol–water partition coefficient (Wildman–Crippen LogP) is 3.68. The third-order valence-corrected chi connectivity index (χ3v) is 4.02. The summed E-state index contributed by atoms with van der Waals surface area (Å²) >= 11 is 1.77. The number of aryl methyl sites for hydroxylation is 1. The predicted molar refractivity (Wildman–Crippen MR) is 66.5 cm³/mol. The number of thioether (sulfide) groups is 1. The van der Waals surface area contributed by atoms with Gasteiger partial charge in [0.2, 0.25) is 0 Å². The molecule has 2 nitrogen and oxygen atoms in total. The van der Waals surface area contributed by atoms with Crippen molar-refractivity contribution in [3.05, 3.63) is 28.8 Å². The van der Waals surface area contributed by atoms with Gasteiger partial charge in [-0.15, -0.1) is 11.8 Å². The van der Waals surface area contributed by atoms with Gasteiger partial charge in [-0.3, -0.25) is 0 Å². The first-order valence-corrected chi connectivity index (χ1v) is 6.63. The molecule has 0 atom stereocenters. The van der Waals surface area contributed by atoms with E-state index in [4.69, 9.17) is 0 Å². The van der Waals surface area contributed by atoms with Crippen molar-refractivity contribution in [3.8, 4) is 0 Å². The van der Waals surface area contributed by atoms with Gasteiger partial charge in [0, 0.05) is 4.90 Å². The van der Waals surface area contributed by atoms with Crippen molar-refractivity contribution < 1.29 is 9.90 Å². The molecular weight excluding hydrogens is 220 g/mol. The molecule has 0 saturated heterocycles. The van der Waals surface area contributed by atoms with Crippen LogP contribution in [0.15, 0.2) is 17.0 Å². The van der Waals surface area contributed by atoms with E-state index in [-0.39, 0.29) is 0 Å². The zero-order chi connectivity index (χ0) is 11.7. The summed E-state index contributed by atoms with van der Waals surface area (Å²) in [5.74, 6) is 0.684. The lowest BCUT2D eigenvalue weighted by Crippen LogP contribution is -2.04. The molecule has 1 aliphatic carbocycles. The maximum Gasteiger partial charge on any atom is 0.336 e. The number of carboxylic acid groups (broad SMARTS) is 1. The number of benzene rings is 1. The van der Waals surface area contributed by atoms with Gasteiger partial charge in [0.05, 0.1) is 5.56 Å². The SMILES string of the molecule is CCSc1c(C)ccc(C(=O)O)c1C1CC1. The molecule has 0 amide bonds. The largest absolute Gasteiger partial charge is 0.478 e. The van der Waals surface area contributed by atoms with E-state index in [1.165, 1.54) is 10.5 Å². The second kappa shape index (κ2) is 4.50. The molecule has 0 unspecified atom stereocenters. The van der Waals surface area contributed by atoms with E-state index in [0.29, 0.717) is 11.5 Å². The van der Waals surface area contributed by atoms with Gasteiger partial charge >= 0.3 is 5.97 Å². The van der Waals surface area contributed by atoms with E-state index < -0.39 is 5.97 Å². The molecule has 0 heterocycles. The highest BCUT2D eigenvalue weighted by molar-refractivity contribution is 7.99. The van der Waals surface area contributed by atoms with E-state index in [0.717, 1.165) is 24.2 Å². The lowest BCUT2D eigenvalue weighted by molar-refractivity contribution is 0.0695. The Kier molecular flexibility index (Phi) is 3.24. The zero-order valence-electron chi connectivity index (χ0n) is 9.62. The molecule has 1 N–H and O–H groups in total. The van der Waals surface area contributed by atoms with Crippen LogP contribution in [0.25, 0.3) is 0 Å². The van der Waals surface area contributed by atoms with Crippen molar-refractivity contribution in [2.75, 3.05) is 5.75 Å². The van der Waals surface area contributed by atoms with Crippen molar-refractivity contribution in [2.45, 2.75) is 37.5 Å². The summed E-state index contributed by atoms with van der Waals surface area (Å²) in [4.78, 5) is 12.4. The summed E-state index contributed by atoms with van der Waals surface area (Å²) < 4.78 is 0. The average Bonchev–Trinajstić information content (AvgIpc) is 3.04. The summed E-state index contributed by atoms with van der Waals surface area (Å²) in [5.41, 5.74) is 2.79. The van der Waals surface area contributed by atoms with Crippen LogP contribution in [0.2, 0.25) is 0 Å². The second-order valence-electron chi connectivity index (χ2n) is 4.19. The first-order valence-electron chi connectivity index (χ1n) is 5.64. The molecule has 1 aromatic carbocycles. The summed E-state index contributed by atoms with van der Waals surface area (Å²) in [6.07, 6.45) is 2.28. The van der Waals surface area contributed by atoms with E-state index in [9.17, 15) is 9.90 Å². The molecule has 2 rings (SSSR count). The van der Waals surface area contributed by atoms with Crippen molar-refractivity contribution in [1.29, 1.82) is 0 Å². The minimum absolute atomic E-state index is 0.486. The highest BCUT2D eigenvalue weighted by Gasteiger charge is 2.31. The van der Waals surface area contributed by atoms with Gasteiger partial charge in [0.1, 0.15) is 0 Å². The number of hydrogen-bond donors (Lipinski definition) is 1. The lowest BCUT2D eigenvalue weighted by atomic mass is 10.0. The molecule has 0 radical (unpaired) electrons. The van der Waals surface area contributed by atoms with Crippen LogP contribution in [-0.4, -0.2) is 16.8 Å². The molecule has 16 heavy (non-hydrogen) atoms. The van der Waals surface area contributed by atoms with E-state index in [1.807, 2.05) is 6.07 Å². The molecule has 0 spiro atoms. The molecular formula is C13H16O2S. The Bertz CT molecular complexity index is 422. The summed E-state index contributed by atoms with van der Waals surface area (Å²) in [6, 6.07) is 3.68. The first-order chi connectivity index (χ1) is 7.65. The third-order valence-electron chi connectivity index (χ3n) is 2.90. The summed E-state index contributed by atoms with van der Waals surface area (Å²) in [5, 5.41) is 9.22. The number of carbonyl (C=O) groups is 1. The topological polar surface area (TPSA) is 37.3 Å². The normalized spacial score (nSPS) is 15.1. The van der Waals surface area contributed by atoms with Crippen molar-refractivity contribution >= 4 is 17.7 Å². The first kappa shape index (κ1) is 11.5. The Balaban J connectivity index is 2.54. The zero-order valence-corrected chi connectivity index (χ0v) is 10.4. The van der Waals surface area contributed by atoms with Crippen molar-refractivity contribution in [1.82, 2.24) is 0 Å². The van der Waals surface area contributed by atoms with Crippen LogP contribution < -0.4 is 0 Å². The van der Waals surface area contributed by atoms with Crippen LogP contribution in [0.3, 0.4) is 0 Å². The molecule has 86 valence electrons. The van der Waals surface area contributed by atoms with Crippen molar-refractivity contribution in [3.63, 3.8) is 0 Å². The van der Waals surface area contributed by atoms with E-state index in [2.05, 4.69) is 13.8 Å². The molecule has 3 heteroatoms. The third kappa shape index (κ3) is 2.09. The number of rotatable bonds is 4. The quantitative estimate of drug-likeness (QED) is 0.810. The van der Waals surface area contributed by atoms with Gasteiger partial charge in [-0.25, -0.2) is 4.79 Å². The molecule has 0 aliphatic heterocycles. The average molecular weight is 236 g/mol. The van der Waals surface area contributed by atoms with Crippen LogP contribution >= 0.6 is 11.8 Å². The Labute approximate surface area is 100 Å². The van der Waals surface area contributed by atoms with Crippen LogP contribution in [0, 0.1) is 6.92 Å². The fraction of sp³-hybridized carbons (Fsp3) is 0.462. The van der Waals surface area contributed by atoms with Gasteiger partial charge < -0.3 is 5.11 Å². The van der Waals surface area contributed by atoms with Crippen molar-refractivity contribution in [2.24, 2.45) is 0 Å². The van der Waals surface area contributed by atoms with Crippen LogP contribution in [0.5, 0.6) is 0 Å². The molecule has 1 fully saturated rings. The van der Waals surface area contributed by atoms with Crippen LogP contribution in [0.1, 0.15) is 47.2 Å². The monoisotopic (exact) mass is 236 g/mol. The Hall–Kier alpha value is -0.960. The molecule has 0 aromatic heterocycles. The van der Waals surface area contributed by atoms with Gasteiger partial charge in [0.25, 0.3) is 0 Å². The highest BCUT2D eigenvalue weighted by atomic mass is 32.2. The van der Waals surface area contributed by atoms with E-state index in [1.54, 1.807) is 17.8 Å². The minimum Gasteiger partial charge on any atom is -0.478 e. The summed E-state index contributed by atoms with van der Waals surface area (Å²) in [7, 11) is 0. The molecule has 1 aromatic rings. The maximum absolute atomic E-state index is 11.2. The summed E-state index contributed by atoms with van der Waals surface area (Å²) in [6.45, 7) is 4.17.